The molecule has 1 aromatic carbocycles. The van der Waals surface area contributed by atoms with E-state index in [0.29, 0.717) is 29.4 Å². The van der Waals surface area contributed by atoms with Crippen LogP contribution in [-0.4, -0.2) is 48.9 Å². The molecule has 0 radical (unpaired) electrons. The molecule has 1 aromatic heterocycles. The second kappa shape index (κ2) is 8.19. The summed E-state index contributed by atoms with van der Waals surface area (Å²) >= 11 is 1.14. The minimum absolute atomic E-state index is 0.0633. The van der Waals surface area contributed by atoms with Crippen molar-refractivity contribution in [3.05, 3.63) is 30.1 Å². The Balaban J connectivity index is 1.27. The summed E-state index contributed by atoms with van der Waals surface area (Å²) in [6, 6.07) is 5.95. The first-order chi connectivity index (χ1) is 15.5. The van der Waals surface area contributed by atoms with Gasteiger partial charge in [-0.1, -0.05) is 43.2 Å². The Morgan fingerprint density at radius 1 is 1.19 bits per heavy atom. The summed E-state index contributed by atoms with van der Waals surface area (Å²) in [5.74, 6) is -0.910. The van der Waals surface area contributed by atoms with Crippen LogP contribution < -0.4 is 10.7 Å². The summed E-state index contributed by atoms with van der Waals surface area (Å²) in [6.45, 7) is 0. The number of urea groups is 1. The number of rotatable bonds is 6. The van der Waals surface area contributed by atoms with Crippen LogP contribution in [0.1, 0.15) is 51.0 Å². The number of carbonyl (C=O) groups excluding carboxylic acids is 3. The van der Waals surface area contributed by atoms with E-state index in [1.807, 2.05) is 4.57 Å². The Kier molecular flexibility index (Phi) is 5.36. The molecule has 2 heterocycles. The Morgan fingerprint density at radius 3 is 2.66 bits per heavy atom. The zero-order valence-electron chi connectivity index (χ0n) is 17.3. The van der Waals surface area contributed by atoms with E-state index in [9.17, 15) is 18.8 Å². The number of aromatic nitrogens is 3. The molecular formula is C21H23FN6O3S. The van der Waals surface area contributed by atoms with Gasteiger partial charge in [-0.3, -0.25) is 19.6 Å². The fourth-order valence-electron chi connectivity index (χ4n) is 4.37. The zero-order valence-corrected chi connectivity index (χ0v) is 18.2. The topological polar surface area (TPSA) is 109 Å². The summed E-state index contributed by atoms with van der Waals surface area (Å²) in [6.07, 6.45) is 5.80. The third kappa shape index (κ3) is 3.74. The quantitative estimate of drug-likeness (QED) is 0.509. The van der Waals surface area contributed by atoms with Crippen LogP contribution >= 0.6 is 11.8 Å². The van der Waals surface area contributed by atoms with Gasteiger partial charge in [-0.2, -0.15) is 5.01 Å². The van der Waals surface area contributed by atoms with Crippen molar-refractivity contribution in [1.29, 1.82) is 0 Å². The van der Waals surface area contributed by atoms with Crippen molar-refractivity contribution in [2.45, 2.75) is 61.7 Å². The molecule has 2 N–H and O–H groups in total. The fourth-order valence-corrected chi connectivity index (χ4v) is 5.16. The summed E-state index contributed by atoms with van der Waals surface area (Å²) in [4.78, 5) is 37.7. The average Bonchev–Trinajstić information content (AvgIpc) is 3.51. The molecule has 3 aliphatic rings. The van der Waals surface area contributed by atoms with E-state index >= 15 is 0 Å². The number of imide groups is 1. The Morgan fingerprint density at radius 2 is 1.94 bits per heavy atom. The van der Waals surface area contributed by atoms with E-state index in [-0.39, 0.29) is 17.6 Å². The molecule has 0 atom stereocenters. The second-order valence-corrected chi connectivity index (χ2v) is 9.37. The summed E-state index contributed by atoms with van der Waals surface area (Å²) in [5.41, 5.74) is 1.90. The van der Waals surface area contributed by atoms with E-state index < -0.39 is 23.4 Å². The number of nitrogens with one attached hydrogen (secondary N) is 2. The predicted octanol–water partition coefficient (Wildman–Crippen LogP) is 2.80. The molecular weight excluding hydrogens is 435 g/mol. The van der Waals surface area contributed by atoms with E-state index in [1.165, 1.54) is 6.07 Å². The lowest BCUT2D eigenvalue weighted by Crippen LogP contribution is -2.51. The van der Waals surface area contributed by atoms with Crippen molar-refractivity contribution < 1.29 is 18.8 Å². The predicted molar refractivity (Wildman–Crippen MR) is 114 cm³/mol. The standard InChI is InChI=1S/C21H23FN6O3S/c22-15-7-3-2-6-14(15)17-24-25-20(27(17)13-8-9-13)32-12-16(29)26-28-18(30)21(23-19(28)31)10-4-1-5-11-21/h2-3,6-7,13H,1,4-5,8-12H2,(H,23,31)(H,26,29). The van der Waals surface area contributed by atoms with E-state index in [1.54, 1.807) is 18.2 Å². The van der Waals surface area contributed by atoms with Crippen LogP contribution in [0.5, 0.6) is 0 Å². The number of amides is 4. The number of benzene rings is 1. The molecule has 4 amide bonds. The molecule has 3 fully saturated rings. The highest BCUT2D eigenvalue weighted by molar-refractivity contribution is 7.99. The first kappa shape index (κ1) is 20.9. The molecule has 2 aromatic rings. The van der Waals surface area contributed by atoms with Crippen LogP contribution in [0, 0.1) is 5.82 Å². The maximum atomic E-state index is 14.3. The van der Waals surface area contributed by atoms with Crippen molar-refractivity contribution in [1.82, 2.24) is 30.5 Å². The molecule has 1 aliphatic heterocycles. The van der Waals surface area contributed by atoms with Crippen LogP contribution in [0.25, 0.3) is 11.4 Å². The zero-order chi connectivity index (χ0) is 22.3. The van der Waals surface area contributed by atoms with Crippen molar-refractivity contribution in [3.8, 4) is 11.4 Å². The largest absolute Gasteiger partial charge is 0.344 e. The maximum Gasteiger partial charge on any atom is 0.344 e. The van der Waals surface area contributed by atoms with Crippen LogP contribution in [0.3, 0.4) is 0 Å². The number of hydrazine groups is 1. The minimum Gasteiger partial charge on any atom is -0.322 e. The van der Waals surface area contributed by atoms with Crippen molar-refractivity contribution in [2.24, 2.45) is 0 Å². The van der Waals surface area contributed by atoms with E-state index in [0.717, 1.165) is 48.9 Å². The van der Waals surface area contributed by atoms with Crippen molar-refractivity contribution >= 4 is 29.6 Å². The third-order valence-corrected chi connectivity index (χ3v) is 7.07. The van der Waals surface area contributed by atoms with Crippen LogP contribution in [0.15, 0.2) is 29.4 Å². The Labute approximate surface area is 188 Å². The van der Waals surface area contributed by atoms with Gasteiger partial charge in [0.25, 0.3) is 5.91 Å². The second-order valence-electron chi connectivity index (χ2n) is 8.42. The van der Waals surface area contributed by atoms with Gasteiger partial charge in [-0.15, -0.1) is 10.2 Å². The van der Waals surface area contributed by atoms with Gasteiger partial charge in [-0.25, -0.2) is 9.18 Å². The molecule has 9 nitrogen and oxygen atoms in total. The molecule has 2 aliphatic carbocycles. The highest BCUT2D eigenvalue weighted by Gasteiger charge is 2.52. The van der Waals surface area contributed by atoms with E-state index in [4.69, 9.17) is 0 Å². The highest BCUT2D eigenvalue weighted by Crippen LogP contribution is 2.41. The first-order valence-electron chi connectivity index (χ1n) is 10.8. The number of thioether (sulfide) groups is 1. The summed E-state index contributed by atoms with van der Waals surface area (Å²) < 4.78 is 16.1. The summed E-state index contributed by atoms with van der Waals surface area (Å²) in [7, 11) is 0. The lowest BCUT2D eigenvalue weighted by atomic mass is 9.82. The van der Waals surface area contributed by atoms with Gasteiger partial charge in [0, 0.05) is 6.04 Å². The van der Waals surface area contributed by atoms with Gasteiger partial charge < -0.3 is 5.32 Å². The van der Waals surface area contributed by atoms with Gasteiger partial charge >= 0.3 is 6.03 Å². The normalized spacial score (nSPS) is 20.0. The number of nitrogens with zero attached hydrogens (tertiary/aromatic N) is 4. The molecule has 168 valence electrons. The molecule has 0 bridgehead atoms. The van der Waals surface area contributed by atoms with Gasteiger partial charge in [0.2, 0.25) is 5.91 Å². The number of hydrogen-bond acceptors (Lipinski definition) is 6. The van der Waals surface area contributed by atoms with Gasteiger partial charge in [0.15, 0.2) is 11.0 Å². The van der Waals surface area contributed by atoms with Crippen molar-refractivity contribution in [3.63, 3.8) is 0 Å². The first-order valence-corrected chi connectivity index (χ1v) is 11.8. The molecule has 1 spiro atoms. The van der Waals surface area contributed by atoms with Crippen LogP contribution in [0.4, 0.5) is 9.18 Å². The van der Waals surface area contributed by atoms with Crippen LogP contribution in [0.2, 0.25) is 0 Å². The van der Waals surface area contributed by atoms with Crippen LogP contribution in [-0.2, 0) is 9.59 Å². The molecule has 1 saturated heterocycles. The lowest BCUT2D eigenvalue weighted by molar-refractivity contribution is -0.139. The number of halogens is 1. The smallest absolute Gasteiger partial charge is 0.322 e. The van der Waals surface area contributed by atoms with Gasteiger partial charge in [0.05, 0.1) is 11.3 Å². The molecule has 2 saturated carbocycles. The average molecular weight is 459 g/mol. The summed E-state index contributed by atoms with van der Waals surface area (Å²) in [5, 5.41) is 12.4. The van der Waals surface area contributed by atoms with Crippen molar-refractivity contribution in [2.75, 3.05) is 5.75 Å². The molecule has 0 unspecified atom stereocenters. The molecule has 5 rings (SSSR count). The van der Waals surface area contributed by atoms with E-state index in [2.05, 4.69) is 20.9 Å². The maximum absolute atomic E-state index is 14.3. The van der Waals surface area contributed by atoms with Gasteiger partial charge in [0.1, 0.15) is 11.4 Å². The Bertz CT molecular complexity index is 1080. The lowest BCUT2D eigenvalue weighted by Gasteiger charge is -2.30. The Hall–Kier alpha value is -2.95. The monoisotopic (exact) mass is 458 g/mol. The number of hydrogen-bond donors (Lipinski definition) is 2. The SMILES string of the molecule is O=C(CSc1nnc(-c2ccccc2F)n1C1CC1)NN1C(=O)NC2(CCCCC2)C1=O. The van der Waals surface area contributed by atoms with Gasteiger partial charge in [-0.05, 0) is 37.8 Å². The number of carbonyl (C=O) groups is 3. The highest BCUT2D eigenvalue weighted by atomic mass is 32.2. The third-order valence-electron chi connectivity index (χ3n) is 6.13. The molecule has 11 heteroatoms. The fraction of sp³-hybridized carbons (Fsp3) is 0.476. The minimum atomic E-state index is -0.892. The molecule has 32 heavy (non-hydrogen) atoms.